The third-order valence-electron chi connectivity index (χ3n) is 3.91. The Bertz CT molecular complexity index is 1030. The van der Waals surface area contributed by atoms with Crippen molar-refractivity contribution < 1.29 is 9.59 Å². The lowest BCUT2D eigenvalue weighted by Crippen LogP contribution is -2.18. The standard InChI is InChI=1S/C20H19ClN4O2S2/c1-3-10-25-19(14-4-6-15(21)7-5-14)23-24-20(25)28-12-17(27)18-9-8-16(29-18)11-22-13(2)26/h3-9H,1,10-12H2,2H3,(H,22,26). The number of halogens is 1. The van der Waals surface area contributed by atoms with Gasteiger partial charge >= 0.3 is 0 Å². The van der Waals surface area contributed by atoms with Gasteiger partial charge in [-0.25, -0.2) is 0 Å². The van der Waals surface area contributed by atoms with Gasteiger partial charge in [0.05, 0.1) is 17.2 Å². The second-order valence-electron chi connectivity index (χ2n) is 6.10. The number of aromatic nitrogens is 3. The van der Waals surface area contributed by atoms with E-state index in [1.807, 2.05) is 22.8 Å². The fraction of sp³-hybridized carbons (Fsp3) is 0.200. The van der Waals surface area contributed by atoms with Crippen molar-refractivity contribution >= 4 is 46.4 Å². The molecule has 2 heterocycles. The van der Waals surface area contributed by atoms with Gasteiger partial charge in [-0.2, -0.15) is 0 Å². The predicted molar refractivity (Wildman–Crippen MR) is 118 cm³/mol. The molecule has 6 nitrogen and oxygen atoms in total. The Hall–Kier alpha value is -2.42. The van der Waals surface area contributed by atoms with Gasteiger partial charge in [0.15, 0.2) is 16.8 Å². The largest absolute Gasteiger partial charge is 0.351 e. The number of ketones is 1. The summed E-state index contributed by atoms with van der Waals surface area (Å²) in [4.78, 5) is 25.2. The summed E-state index contributed by atoms with van der Waals surface area (Å²) in [5, 5.41) is 12.6. The van der Waals surface area contributed by atoms with Gasteiger partial charge < -0.3 is 5.32 Å². The first-order valence-corrected chi connectivity index (χ1v) is 10.9. The molecule has 1 N–H and O–H groups in total. The van der Waals surface area contributed by atoms with Crippen molar-refractivity contribution in [1.82, 2.24) is 20.1 Å². The van der Waals surface area contributed by atoms with E-state index >= 15 is 0 Å². The number of amides is 1. The number of Topliss-reactive ketones (excluding diaryl/α,β-unsaturated/α-hetero) is 1. The molecule has 9 heteroatoms. The van der Waals surface area contributed by atoms with Gasteiger partial charge in [-0.3, -0.25) is 14.2 Å². The quantitative estimate of drug-likeness (QED) is 0.298. The molecule has 150 valence electrons. The second kappa shape index (κ2) is 9.87. The molecular weight excluding hydrogens is 428 g/mol. The molecule has 0 bridgehead atoms. The van der Waals surface area contributed by atoms with E-state index < -0.39 is 0 Å². The lowest BCUT2D eigenvalue weighted by Gasteiger charge is -2.07. The Morgan fingerprint density at radius 1 is 1.24 bits per heavy atom. The van der Waals surface area contributed by atoms with E-state index in [4.69, 9.17) is 11.6 Å². The molecule has 0 fully saturated rings. The van der Waals surface area contributed by atoms with E-state index in [1.54, 1.807) is 24.3 Å². The Balaban J connectivity index is 1.70. The second-order valence-corrected chi connectivity index (χ2v) is 8.65. The van der Waals surface area contributed by atoms with Crippen molar-refractivity contribution in [3.05, 3.63) is 63.8 Å². The molecular formula is C20H19ClN4O2S2. The maximum atomic E-state index is 12.6. The third kappa shape index (κ3) is 5.56. The number of rotatable bonds is 9. The number of nitrogens with one attached hydrogen (secondary N) is 1. The molecule has 1 aromatic carbocycles. The lowest BCUT2D eigenvalue weighted by atomic mass is 10.2. The molecule has 0 saturated carbocycles. The van der Waals surface area contributed by atoms with Crippen LogP contribution in [-0.4, -0.2) is 32.2 Å². The van der Waals surface area contributed by atoms with Crippen LogP contribution in [0.5, 0.6) is 0 Å². The highest BCUT2D eigenvalue weighted by molar-refractivity contribution is 7.99. The topological polar surface area (TPSA) is 76.9 Å². The summed E-state index contributed by atoms with van der Waals surface area (Å²) in [6.07, 6.45) is 1.77. The van der Waals surface area contributed by atoms with Crippen molar-refractivity contribution in [2.45, 2.75) is 25.2 Å². The summed E-state index contributed by atoms with van der Waals surface area (Å²) >= 11 is 8.69. The van der Waals surface area contributed by atoms with E-state index in [1.165, 1.54) is 30.0 Å². The SMILES string of the molecule is C=CCn1c(SCC(=O)c2ccc(CNC(C)=O)s2)nnc1-c1ccc(Cl)cc1. The Kier molecular flexibility index (Phi) is 7.24. The lowest BCUT2D eigenvalue weighted by molar-refractivity contribution is -0.119. The van der Waals surface area contributed by atoms with Crippen molar-refractivity contribution in [3.8, 4) is 11.4 Å². The zero-order chi connectivity index (χ0) is 20.8. The van der Waals surface area contributed by atoms with Crippen LogP contribution in [0, 0.1) is 0 Å². The zero-order valence-corrected chi connectivity index (χ0v) is 18.1. The molecule has 3 rings (SSSR count). The first kappa shape index (κ1) is 21.3. The number of thioether (sulfide) groups is 1. The minimum Gasteiger partial charge on any atom is -0.351 e. The van der Waals surface area contributed by atoms with Gasteiger partial charge in [-0.05, 0) is 36.4 Å². The van der Waals surface area contributed by atoms with E-state index in [0.29, 0.717) is 34.0 Å². The van der Waals surface area contributed by atoms with Gasteiger partial charge in [0.25, 0.3) is 0 Å². The smallest absolute Gasteiger partial charge is 0.217 e. The number of benzene rings is 1. The van der Waals surface area contributed by atoms with E-state index in [-0.39, 0.29) is 17.4 Å². The van der Waals surface area contributed by atoms with Gasteiger partial charge in [0, 0.05) is 28.9 Å². The molecule has 0 atom stereocenters. The highest BCUT2D eigenvalue weighted by atomic mass is 35.5. The maximum Gasteiger partial charge on any atom is 0.217 e. The highest BCUT2D eigenvalue weighted by Gasteiger charge is 2.16. The molecule has 0 aliphatic rings. The van der Waals surface area contributed by atoms with Crippen LogP contribution in [0.25, 0.3) is 11.4 Å². The minimum atomic E-state index is -0.0973. The Morgan fingerprint density at radius 2 is 2.00 bits per heavy atom. The van der Waals surface area contributed by atoms with Crippen LogP contribution in [-0.2, 0) is 17.9 Å². The molecule has 29 heavy (non-hydrogen) atoms. The van der Waals surface area contributed by atoms with Crippen LogP contribution in [0.1, 0.15) is 21.5 Å². The van der Waals surface area contributed by atoms with Crippen LogP contribution in [0.3, 0.4) is 0 Å². The fourth-order valence-corrected chi connectivity index (χ4v) is 4.47. The van der Waals surface area contributed by atoms with Crippen molar-refractivity contribution in [2.24, 2.45) is 0 Å². The van der Waals surface area contributed by atoms with Crippen LogP contribution >= 0.6 is 34.7 Å². The van der Waals surface area contributed by atoms with Gasteiger partial charge in [0.1, 0.15) is 0 Å². The highest BCUT2D eigenvalue weighted by Crippen LogP contribution is 2.26. The first-order chi connectivity index (χ1) is 14.0. The number of nitrogens with zero attached hydrogens (tertiary/aromatic N) is 3. The Labute approximate surface area is 182 Å². The summed E-state index contributed by atoms with van der Waals surface area (Å²) in [5.41, 5.74) is 0.891. The first-order valence-electron chi connectivity index (χ1n) is 8.77. The number of carbonyl (C=O) groups excluding carboxylic acids is 2. The summed E-state index contributed by atoms with van der Waals surface area (Å²) < 4.78 is 1.92. The van der Waals surface area contributed by atoms with Crippen molar-refractivity contribution in [2.75, 3.05) is 5.75 Å². The van der Waals surface area contributed by atoms with E-state index in [2.05, 4.69) is 22.1 Å². The summed E-state index contributed by atoms with van der Waals surface area (Å²) in [6.45, 7) is 6.22. The van der Waals surface area contributed by atoms with Crippen molar-refractivity contribution in [3.63, 3.8) is 0 Å². The number of allylic oxidation sites excluding steroid dienone is 1. The molecule has 1 amide bonds. The average molecular weight is 447 g/mol. The van der Waals surface area contributed by atoms with Crippen LogP contribution < -0.4 is 5.32 Å². The molecule has 0 aliphatic heterocycles. The third-order valence-corrected chi connectivity index (χ3v) is 6.26. The minimum absolute atomic E-state index is 0.00951. The normalized spacial score (nSPS) is 10.7. The number of thiophene rings is 1. The number of hydrogen-bond donors (Lipinski definition) is 1. The Morgan fingerprint density at radius 3 is 2.69 bits per heavy atom. The average Bonchev–Trinajstić information content (AvgIpc) is 3.33. The molecule has 0 spiro atoms. The number of hydrogen-bond acceptors (Lipinski definition) is 6. The molecule has 0 aliphatic carbocycles. The molecule has 2 aromatic heterocycles. The van der Waals surface area contributed by atoms with Crippen LogP contribution in [0.4, 0.5) is 0 Å². The van der Waals surface area contributed by atoms with Gasteiger partial charge in [-0.15, -0.1) is 28.1 Å². The van der Waals surface area contributed by atoms with Crippen molar-refractivity contribution in [1.29, 1.82) is 0 Å². The molecule has 0 unspecified atom stereocenters. The van der Waals surface area contributed by atoms with E-state index in [0.717, 1.165) is 10.4 Å². The molecule has 0 saturated heterocycles. The van der Waals surface area contributed by atoms with Gasteiger partial charge in [-0.1, -0.05) is 29.4 Å². The fourth-order valence-electron chi connectivity index (χ4n) is 2.54. The summed E-state index contributed by atoms with van der Waals surface area (Å²) in [6, 6.07) is 11.0. The monoisotopic (exact) mass is 446 g/mol. The molecule has 3 aromatic rings. The maximum absolute atomic E-state index is 12.6. The summed E-state index contributed by atoms with van der Waals surface area (Å²) in [7, 11) is 0. The van der Waals surface area contributed by atoms with E-state index in [9.17, 15) is 9.59 Å². The predicted octanol–water partition coefficient (Wildman–Crippen LogP) is 4.46. The zero-order valence-electron chi connectivity index (χ0n) is 15.7. The number of carbonyl (C=O) groups is 2. The summed E-state index contributed by atoms with van der Waals surface area (Å²) in [5.74, 6) is 0.857. The van der Waals surface area contributed by atoms with Crippen LogP contribution in [0.15, 0.2) is 54.2 Å². The van der Waals surface area contributed by atoms with Crippen LogP contribution in [0.2, 0.25) is 5.02 Å². The van der Waals surface area contributed by atoms with Gasteiger partial charge in [0.2, 0.25) is 5.91 Å². The molecule has 0 radical (unpaired) electrons.